The van der Waals surface area contributed by atoms with Crippen LogP contribution in [0.15, 0.2) is 22.7 Å². The van der Waals surface area contributed by atoms with Crippen LogP contribution in [0.4, 0.5) is 13.2 Å². The summed E-state index contributed by atoms with van der Waals surface area (Å²) in [5.74, 6) is -1.39. The number of rotatable bonds is 5. The smallest absolute Gasteiger partial charge is 0.255 e. The van der Waals surface area contributed by atoms with E-state index in [1.54, 1.807) is 0 Å². The molecule has 100 valence electrons. The van der Waals surface area contributed by atoms with Crippen LogP contribution in [0.25, 0.3) is 0 Å². The molecule has 0 bridgehead atoms. The molecule has 0 aromatic heterocycles. The molecule has 1 N–H and O–H groups in total. The Balaban J connectivity index is 2.93. The lowest BCUT2D eigenvalue weighted by atomic mass is 10.2. The highest BCUT2D eigenvalue weighted by molar-refractivity contribution is 9.10. The molecule has 1 amide bonds. The first-order chi connectivity index (χ1) is 8.43. The fourth-order valence-corrected chi connectivity index (χ4v) is 1.89. The summed E-state index contributed by atoms with van der Waals surface area (Å²) in [5.41, 5.74) is -0.0454. The summed E-state index contributed by atoms with van der Waals surface area (Å²) in [6.07, 6.45) is -2.71. The minimum Gasteiger partial charge on any atom is -0.395 e. The zero-order chi connectivity index (χ0) is 13.7. The Morgan fingerprint density at radius 3 is 2.56 bits per heavy atom. The number of nitrogens with zero attached hydrogens (tertiary/aromatic N) is 1. The Hall–Kier alpha value is -1.08. The van der Waals surface area contributed by atoms with Gasteiger partial charge in [0.2, 0.25) is 0 Å². The molecule has 7 heteroatoms. The molecule has 0 aliphatic heterocycles. The number of alkyl halides is 2. The van der Waals surface area contributed by atoms with Gasteiger partial charge < -0.3 is 10.0 Å². The highest BCUT2D eigenvalue weighted by atomic mass is 79.9. The second kappa shape index (κ2) is 6.75. The number of halogens is 4. The largest absolute Gasteiger partial charge is 0.395 e. The molecule has 0 saturated carbocycles. The van der Waals surface area contributed by atoms with E-state index < -0.39 is 31.3 Å². The molecule has 0 aliphatic rings. The Labute approximate surface area is 110 Å². The van der Waals surface area contributed by atoms with Crippen LogP contribution in [-0.2, 0) is 0 Å². The van der Waals surface area contributed by atoms with E-state index in [1.807, 2.05) is 0 Å². The number of hydrogen-bond donors (Lipinski definition) is 1. The third kappa shape index (κ3) is 4.30. The minimum absolute atomic E-state index is 0.0454. The van der Waals surface area contributed by atoms with Gasteiger partial charge in [0.25, 0.3) is 12.3 Å². The van der Waals surface area contributed by atoms with E-state index in [-0.39, 0.29) is 12.1 Å². The van der Waals surface area contributed by atoms with Crippen LogP contribution >= 0.6 is 15.9 Å². The Morgan fingerprint density at radius 1 is 1.39 bits per heavy atom. The first kappa shape index (κ1) is 15.0. The number of aliphatic hydroxyl groups is 1. The van der Waals surface area contributed by atoms with Crippen molar-refractivity contribution in [3.05, 3.63) is 34.1 Å². The standard InChI is InChI=1S/C11H11BrF3NO2/c12-8-3-7(4-9(13)5-8)11(18)16(1-2-17)6-10(14)15/h3-5,10,17H,1-2,6H2. The maximum atomic E-state index is 13.1. The minimum atomic E-state index is -2.71. The van der Waals surface area contributed by atoms with Crippen LogP contribution in [0.2, 0.25) is 0 Å². The Morgan fingerprint density at radius 2 is 2.06 bits per heavy atom. The monoisotopic (exact) mass is 325 g/mol. The van der Waals surface area contributed by atoms with Gasteiger partial charge in [0.15, 0.2) is 0 Å². The number of hydrogen-bond acceptors (Lipinski definition) is 2. The van der Waals surface area contributed by atoms with E-state index in [9.17, 15) is 18.0 Å². The van der Waals surface area contributed by atoms with Gasteiger partial charge in [-0.1, -0.05) is 15.9 Å². The van der Waals surface area contributed by atoms with E-state index in [2.05, 4.69) is 15.9 Å². The number of carbonyl (C=O) groups excluding carboxylic acids is 1. The van der Waals surface area contributed by atoms with Gasteiger partial charge in [0.05, 0.1) is 13.2 Å². The van der Waals surface area contributed by atoms with Crippen molar-refractivity contribution < 1.29 is 23.1 Å². The number of benzene rings is 1. The number of carbonyl (C=O) groups is 1. The fraction of sp³-hybridized carbons (Fsp3) is 0.364. The summed E-state index contributed by atoms with van der Waals surface area (Å²) >= 11 is 3.01. The lowest BCUT2D eigenvalue weighted by Crippen LogP contribution is -2.37. The summed E-state index contributed by atoms with van der Waals surface area (Å²) in [7, 11) is 0. The predicted octanol–water partition coefficient (Wildman–Crippen LogP) is 2.29. The van der Waals surface area contributed by atoms with Gasteiger partial charge in [-0.2, -0.15) is 0 Å². The second-order valence-electron chi connectivity index (χ2n) is 3.52. The highest BCUT2D eigenvalue weighted by Gasteiger charge is 2.20. The SMILES string of the molecule is O=C(c1cc(F)cc(Br)c1)N(CCO)CC(F)F. The van der Waals surface area contributed by atoms with Crippen molar-refractivity contribution in [2.24, 2.45) is 0 Å². The van der Waals surface area contributed by atoms with E-state index >= 15 is 0 Å². The van der Waals surface area contributed by atoms with Crippen molar-refractivity contribution in [1.82, 2.24) is 4.90 Å². The molecule has 0 saturated heterocycles. The van der Waals surface area contributed by atoms with Crippen molar-refractivity contribution in [3.63, 3.8) is 0 Å². The molecule has 18 heavy (non-hydrogen) atoms. The average Bonchev–Trinajstić information content (AvgIpc) is 2.25. The van der Waals surface area contributed by atoms with Crippen molar-refractivity contribution in [2.45, 2.75) is 6.43 Å². The van der Waals surface area contributed by atoms with Crippen LogP contribution in [0.5, 0.6) is 0 Å². The quantitative estimate of drug-likeness (QED) is 0.902. The van der Waals surface area contributed by atoms with Crippen LogP contribution in [0, 0.1) is 5.82 Å². The van der Waals surface area contributed by atoms with Crippen molar-refractivity contribution in [2.75, 3.05) is 19.7 Å². The lowest BCUT2D eigenvalue weighted by molar-refractivity contribution is 0.0509. The molecule has 3 nitrogen and oxygen atoms in total. The molecule has 0 fully saturated rings. The average molecular weight is 326 g/mol. The van der Waals surface area contributed by atoms with Crippen LogP contribution < -0.4 is 0 Å². The normalized spacial score (nSPS) is 10.8. The number of aliphatic hydroxyl groups excluding tert-OH is 1. The molecule has 0 atom stereocenters. The van der Waals surface area contributed by atoms with Crippen molar-refractivity contribution in [1.29, 1.82) is 0 Å². The molecular weight excluding hydrogens is 315 g/mol. The summed E-state index contributed by atoms with van der Waals surface area (Å²) < 4.78 is 38.0. The van der Waals surface area contributed by atoms with Gasteiger partial charge in [-0.05, 0) is 18.2 Å². The first-order valence-electron chi connectivity index (χ1n) is 5.08. The predicted molar refractivity (Wildman–Crippen MR) is 63.1 cm³/mol. The third-order valence-corrected chi connectivity index (χ3v) is 2.58. The second-order valence-corrected chi connectivity index (χ2v) is 4.44. The summed E-state index contributed by atoms with van der Waals surface area (Å²) in [5, 5.41) is 8.73. The highest BCUT2D eigenvalue weighted by Crippen LogP contribution is 2.16. The molecule has 1 aromatic rings. The zero-order valence-electron chi connectivity index (χ0n) is 9.25. The molecule has 0 heterocycles. The molecule has 0 spiro atoms. The molecular formula is C11H11BrF3NO2. The zero-order valence-corrected chi connectivity index (χ0v) is 10.8. The maximum Gasteiger partial charge on any atom is 0.255 e. The van der Waals surface area contributed by atoms with Gasteiger partial charge >= 0.3 is 0 Å². The molecule has 0 unspecified atom stereocenters. The van der Waals surface area contributed by atoms with Crippen LogP contribution in [0.1, 0.15) is 10.4 Å². The first-order valence-corrected chi connectivity index (χ1v) is 5.87. The van der Waals surface area contributed by atoms with Crippen molar-refractivity contribution >= 4 is 21.8 Å². The molecule has 1 rings (SSSR count). The molecule has 1 aromatic carbocycles. The van der Waals surface area contributed by atoms with Gasteiger partial charge in [0.1, 0.15) is 5.82 Å². The summed E-state index contributed by atoms with van der Waals surface area (Å²) in [6, 6.07) is 3.45. The van der Waals surface area contributed by atoms with E-state index in [0.29, 0.717) is 4.47 Å². The van der Waals surface area contributed by atoms with Crippen LogP contribution in [-0.4, -0.2) is 42.0 Å². The maximum absolute atomic E-state index is 13.1. The molecule has 0 radical (unpaired) electrons. The van der Waals surface area contributed by atoms with Gasteiger partial charge in [-0.3, -0.25) is 4.79 Å². The van der Waals surface area contributed by atoms with Crippen LogP contribution in [0.3, 0.4) is 0 Å². The van der Waals surface area contributed by atoms with Crippen molar-refractivity contribution in [3.8, 4) is 0 Å². The van der Waals surface area contributed by atoms with E-state index in [0.717, 1.165) is 17.0 Å². The third-order valence-electron chi connectivity index (χ3n) is 2.13. The van der Waals surface area contributed by atoms with Gasteiger partial charge in [-0.15, -0.1) is 0 Å². The van der Waals surface area contributed by atoms with E-state index in [1.165, 1.54) is 6.07 Å². The summed E-state index contributed by atoms with van der Waals surface area (Å²) in [6.45, 7) is -1.46. The van der Waals surface area contributed by atoms with E-state index in [4.69, 9.17) is 5.11 Å². The topological polar surface area (TPSA) is 40.5 Å². The van der Waals surface area contributed by atoms with Gasteiger partial charge in [0, 0.05) is 16.6 Å². The fourth-order valence-electron chi connectivity index (χ4n) is 1.42. The van der Waals surface area contributed by atoms with Gasteiger partial charge in [-0.25, -0.2) is 13.2 Å². The Kier molecular flexibility index (Phi) is 5.61. The Bertz CT molecular complexity index is 408. The summed E-state index contributed by atoms with van der Waals surface area (Å²) in [4.78, 5) is 12.7. The lowest BCUT2D eigenvalue weighted by Gasteiger charge is -2.21. The molecule has 0 aliphatic carbocycles. The number of amides is 1.